The van der Waals surface area contributed by atoms with Crippen LogP contribution in [-0.2, 0) is 20.7 Å². The predicted octanol–water partition coefficient (Wildman–Crippen LogP) is 2.23. The quantitative estimate of drug-likeness (QED) is 0.705. The van der Waals surface area contributed by atoms with Gasteiger partial charge in [-0.2, -0.15) is 0 Å². The van der Waals surface area contributed by atoms with Crippen LogP contribution < -0.4 is 10.1 Å². The van der Waals surface area contributed by atoms with Crippen molar-refractivity contribution in [1.82, 2.24) is 5.32 Å². The van der Waals surface area contributed by atoms with Crippen LogP contribution in [0.3, 0.4) is 0 Å². The van der Waals surface area contributed by atoms with Crippen LogP contribution >= 0.6 is 0 Å². The zero-order chi connectivity index (χ0) is 18.2. The van der Waals surface area contributed by atoms with Gasteiger partial charge >= 0.3 is 12.1 Å². The van der Waals surface area contributed by atoms with E-state index in [0.717, 1.165) is 5.56 Å². The molecule has 1 unspecified atom stereocenters. The van der Waals surface area contributed by atoms with Gasteiger partial charge in [-0.15, -0.1) is 0 Å². The van der Waals surface area contributed by atoms with E-state index in [9.17, 15) is 14.7 Å². The number of ether oxygens (including phenoxy) is 3. The Labute approximate surface area is 141 Å². The summed E-state index contributed by atoms with van der Waals surface area (Å²) in [5.41, 5.74) is 0.0754. The van der Waals surface area contributed by atoms with Crippen molar-refractivity contribution < 1.29 is 28.9 Å². The standard InChI is InChI=1S/C17H25NO6/c1-17(2,3)24-16(21)18-14(15(19)20)11-12-5-7-13(8-6-12)23-10-9-22-4/h5-8,14H,9-11H2,1-4H3,(H,18,21)(H,19,20). The first-order valence-electron chi connectivity index (χ1n) is 7.64. The first-order chi connectivity index (χ1) is 11.2. The molecule has 1 atom stereocenters. The topological polar surface area (TPSA) is 94.1 Å². The summed E-state index contributed by atoms with van der Waals surface area (Å²) < 4.78 is 15.4. The smallest absolute Gasteiger partial charge is 0.408 e. The molecule has 0 aliphatic heterocycles. The number of carboxylic acids is 1. The fourth-order valence-electron chi connectivity index (χ4n) is 1.85. The summed E-state index contributed by atoms with van der Waals surface area (Å²) in [4.78, 5) is 23.1. The number of aliphatic carboxylic acids is 1. The number of benzene rings is 1. The second kappa shape index (κ2) is 9.12. The van der Waals surface area contributed by atoms with Crippen molar-refractivity contribution in [2.75, 3.05) is 20.3 Å². The molecule has 0 saturated heterocycles. The van der Waals surface area contributed by atoms with Crippen molar-refractivity contribution in [2.24, 2.45) is 0 Å². The summed E-state index contributed by atoms with van der Waals surface area (Å²) in [6.07, 6.45) is -0.609. The third-order valence-corrected chi connectivity index (χ3v) is 2.91. The number of carboxylic acid groups (broad SMARTS) is 1. The predicted molar refractivity (Wildman–Crippen MR) is 88.3 cm³/mol. The zero-order valence-electron chi connectivity index (χ0n) is 14.5. The van der Waals surface area contributed by atoms with Crippen LogP contribution in [0.4, 0.5) is 4.79 Å². The van der Waals surface area contributed by atoms with Crippen LogP contribution in [0, 0.1) is 0 Å². The number of hydrogen-bond acceptors (Lipinski definition) is 5. The van der Waals surface area contributed by atoms with E-state index >= 15 is 0 Å². The van der Waals surface area contributed by atoms with Crippen LogP contribution in [0.5, 0.6) is 5.75 Å². The Balaban J connectivity index is 2.62. The van der Waals surface area contributed by atoms with Gasteiger partial charge in [0.1, 0.15) is 24.0 Å². The van der Waals surface area contributed by atoms with Crippen molar-refractivity contribution in [3.05, 3.63) is 29.8 Å². The normalized spacial score (nSPS) is 12.3. The van der Waals surface area contributed by atoms with Gasteiger partial charge in [0.25, 0.3) is 0 Å². The number of rotatable bonds is 8. The van der Waals surface area contributed by atoms with Crippen LogP contribution in [0.25, 0.3) is 0 Å². The molecule has 0 aliphatic carbocycles. The van der Waals surface area contributed by atoms with E-state index in [1.165, 1.54) is 0 Å². The van der Waals surface area contributed by atoms with E-state index in [1.807, 2.05) is 0 Å². The minimum absolute atomic E-state index is 0.146. The average molecular weight is 339 g/mol. The van der Waals surface area contributed by atoms with Crippen LogP contribution in [0.15, 0.2) is 24.3 Å². The lowest BCUT2D eigenvalue weighted by atomic mass is 10.1. The summed E-state index contributed by atoms with van der Waals surface area (Å²) in [5.74, 6) is -0.455. The van der Waals surface area contributed by atoms with Gasteiger partial charge in [0, 0.05) is 13.5 Å². The van der Waals surface area contributed by atoms with Crippen LogP contribution in [0.1, 0.15) is 26.3 Å². The number of hydrogen-bond donors (Lipinski definition) is 2. The SMILES string of the molecule is COCCOc1ccc(CC(NC(=O)OC(C)(C)C)C(=O)O)cc1. The molecule has 1 aromatic carbocycles. The van der Waals surface area contributed by atoms with E-state index in [1.54, 1.807) is 52.1 Å². The maximum Gasteiger partial charge on any atom is 0.408 e. The molecule has 0 aliphatic rings. The fourth-order valence-corrected chi connectivity index (χ4v) is 1.85. The molecule has 0 spiro atoms. The Bertz CT molecular complexity index is 535. The lowest BCUT2D eigenvalue weighted by Gasteiger charge is -2.22. The number of alkyl carbamates (subject to hydrolysis) is 1. The molecular formula is C17H25NO6. The van der Waals surface area contributed by atoms with Gasteiger partial charge in [-0.05, 0) is 38.5 Å². The molecule has 7 nitrogen and oxygen atoms in total. The molecule has 1 rings (SSSR count). The first kappa shape index (κ1) is 19.8. The monoisotopic (exact) mass is 339 g/mol. The maximum absolute atomic E-state index is 11.7. The molecular weight excluding hydrogens is 314 g/mol. The number of methoxy groups -OCH3 is 1. The average Bonchev–Trinajstić information content (AvgIpc) is 2.46. The van der Waals surface area contributed by atoms with E-state index in [-0.39, 0.29) is 6.42 Å². The lowest BCUT2D eigenvalue weighted by Crippen LogP contribution is -2.44. The van der Waals surface area contributed by atoms with Crippen LogP contribution in [-0.4, -0.2) is 49.1 Å². The highest BCUT2D eigenvalue weighted by molar-refractivity contribution is 5.80. The molecule has 134 valence electrons. The van der Waals surface area contributed by atoms with E-state index < -0.39 is 23.7 Å². The molecule has 0 aromatic heterocycles. The summed E-state index contributed by atoms with van der Waals surface area (Å²) in [7, 11) is 1.59. The Morgan fingerprint density at radius 1 is 1.17 bits per heavy atom. The van der Waals surface area contributed by atoms with E-state index in [4.69, 9.17) is 14.2 Å². The largest absolute Gasteiger partial charge is 0.491 e. The first-order valence-corrected chi connectivity index (χ1v) is 7.64. The lowest BCUT2D eigenvalue weighted by molar-refractivity contribution is -0.139. The number of nitrogens with one attached hydrogen (secondary N) is 1. The summed E-state index contributed by atoms with van der Waals surface area (Å²) in [5, 5.41) is 11.6. The molecule has 0 bridgehead atoms. The van der Waals surface area contributed by atoms with Crippen molar-refractivity contribution in [3.63, 3.8) is 0 Å². The van der Waals surface area contributed by atoms with Gasteiger partial charge in [-0.25, -0.2) is 9.59 Å². The summed E-state index contributed by atoms with van der Waals surface area (Å²) in [6, 6.07) is 5.94. The van der Waals surface area contributed by atoms with Crippen LogP contribution in [0.2, 0.25) is 0 Å². The molecule has 1 amide bonds. The van der Waals surface area contributed by atoms with Gasteiger partial charge in [0.2, 0.25) is 0 Å². The molecule has 0 fully saturated rings. The molecule has 24 heavy (non-hydrogen) atoms. The fraction of sp³-hybridized carbons (Fsp3) is 0.529. The molecule has 0 radical (unpaired) electrons. The second-order valence-corrected chi connectivity index (χ2v) is 6.23. The Morgan fingerprint density at radius 2 is 1.79 bits per heavy atom. The highest BCUT2D eigenvalue weighted by atomic mass is 16.6. The van der Waals surface area contributed by atoms with E-state index in [0.29, 0.717) is 19.0 Å². The van der Waals surface area contributed by atoms with Crippen molar-refractivity contribution >= 4 is 12.1 Å². The summed E-state index contributed by atoms with van der Waals surface area (Å²) in [6.45, 7) is 6.07. The van der Waals surface area contributed by atoms with Gasteiger partial charge in [0.05, 0.1) is 6.61 Å². The van der Waals surface area contributed by atoms with Gasteiger partial charge < -0.3 is 24.6 Å². The molecule has 0 heterocycles. The third kappa shape index (κ3) is 7.82. The van der Waals surface area contributed by atoms with Crippen molar-refractivity contribution in [3.8, 4) is 5.75 Å². The third-order valence-electron chi connectivity index (χ3n) is 2.91. The summed E-state index contributed by atoms with van der Waals surface area (Å²) >= 11 is 0. The highest BCUT2D eigenvalue weighted by Gasteiger charge is 2.24. The second-order valence-electron chi connectivity index (χ2n) is 6.23. The van der Waals surface area contributed by atoms with Gasteiger partial charge in [-0.3, -0.25) is 0 Å². The van der Waals surface area contributed by atoms with E-state index in [2.05, 4.69) is 5.32 Å². The highest BCUT2D eigenvalue weighted by Crippen LogP contribution is 2.14. The van der Waals surface area contributed by atoms with Crippen molar-refractivity contribution in [2.45, 2.75) is 38.8 Å². The number of carbonyl (C=O) groups excluding carboxylic acids is 1. The molecule has 1 aromatic rings. The van der Waals surface area contributed by atoms with Crippen molar-refractivity contribution in [1.29, 1.82) is 0 Å². The molecule has 0 saturated carbocycles. The number of amides is 1. The zero-order valence-corrected chi connectivity index (χ0v) is 14.5. The Morgan fingerprint density at radius 3 is 2.29 bits per heavy atom. The Hall–Kier alpha value is -2.28. The van der Waals surface area contributed by atoms with Gasteiger partial charge in [-0.1, -0.05) is 12.1 Å². The van der Waals surface area contributed by atoms with Gasteiger partial charge in [0.15, 0.2) is 0 Å². The minimum atomic E-state index is -1.12. The molecule has 7 heteroatoms. The minimum Gasteiger partial charge on any atom is -0.491 e. The maximum atomic E-state index is 11.7. The molecule has 2 N–H and O–H groups in total. The number of carbonyl (C=O) groups is 2. The Kier molecular flexibility index (Phi) is 7.51.